The van der Waals surface area contributed by atoms with Crippen LogP contribution in [0.4, 0.5) is 13.2 Å². The maximum absolute atomic E-state index is 13.5. The Labute approximate surface area is 169 Å². The molecule has 1 aliphatic rings. The van der Waals surface area contributed by atoms with Gasteiger partial charge in [-0.05, 0) is 32.4 Å². The fourth-order valence-corrected chi connectivity index (χ4v) is 3.92. The fourth-order valence-electron chi connectivity index (χ4n) is 3.92. The normalized spacial score (nSPS) is 18.9. The first-order valence-corrected chi connectivity index (χ1v) is 9.50. The minimum atomic E-state index is -4.66. The van der Waals surface area contributed by atoms with E-state index >= 15 is 0 Å². The van der Waals surface area contributed by atoms with Gasteiger partial charge in [-0.25, -0.2) is 19.9 Å². The molecule has 0 N–H and O–H groups in total. The van der Waals surface area contributed by atoms with Crippen LogP contribution >= 0.6 is 0 Å². The first-order valence-electron chi connectivity index (χ1n) is 9.50. The number of hydrogen-bond acceptors (Lipinski definition) is 5. The molecule has 3 aromatic heterocycles. The topological polar surface area (TPSA) is 74.3 Å². The summed E-state index contributed by atoms with van der Waals surface area (Å²) in [5.74, 6) is 0.526. The van der Waals surface area contributed by atoms with Crippen molar-refractivity contribution in [1.82, 2.24) is 34.3 Å². The minimum absolute atomic E-state index is 0.00446. The molecular formula is C20H18F3N7. The molecule has 0 bridgehead atoms. The van der Waals surface area contributed by atoms with E-state index in [9.17, 15) is 13.2 Å². The maximum Gasteiger partial charge on any atom is 0.451 e. The summed E-state index contributed by atoms with van der Waals surface area (Å²) in [6.45, 7) is 3.35. The van der Waals surface area contributed by atoms with Gasteiger partial charge in [-0.3, -0.25) is 0 Å². The van der Waals surface area contributed by atoms with Gasteiger partial charge in [0.15, 0.2) is 5.82 Å². The van der Waals surface area contributed by atoms with Gasteiger partial charge in [0.05, 0.1) is 16.7 Å². The van der Waals surface area contributed by atoms with Crippen molar-refractivity contribution in [3.8, 4) is 5.82 Å². The van der Waals surface area contributed by atoms with E-state index in [0.29, 0.717) is 23.8 Å². The molecule has 0 saturated heterocycles. The van der Waals surface area contributed by atoms with E-state index in [2.05, 4.69) is 25.0 Å². The predicted octanol–water partition coefficient (Wildman–Crippen LogP) is 3.85. The number of alkyl halides is 3. The highest BCUT2D eigenvalue weighted by molar-refractivity contribution is 5.76. The van der Waals surface area contributed by atoms with Gasteiger partial charge in [-0.2, -0.15) is 17.9 Å². The van der Waals surface area contributed by atoms with Crippen LogP contribution in [0.25, 0.3) is 16.9 Å². The summed E-state index contributed by atoms with van der Waals surface area (Å²) in [6, 6.07) is 9.33. The summed E-state index contributed by atoms with van der Waals surface area (Å²) in [5, 5.41) is 4.18. The molecule has 4 aromatic rings. The SMILES string of the molecule is Cc1nc(C)n(-c2cc(C3C[C@@H]3c3nc4ccccc4n3C)nc(C(F)(F)F)n2)n1. The number of imidazole rings is 1. The number of aromatic nitrogens is 7. The molecule has 0 aliphatic heterocycles. The lowest BCUT2D eigenvalue weighted by Crippen LogP contribution is -2.16. The van der Waals surface area contributed by atoms with Crippen LogP contribution in [0.1, 0.15) is 47.2 Å². The zero-order chi connectivity index (χ0) is 21.2. The zero-order valence-corrected chi connectivity index (χ0v) is 16.5. The zero-order valence-electron chi connectivity index (χ0n) is 16.5. The lowest BCUT2D eigenvalue weighted by molar-refractivity contribution is -0.145. The van der Waals surface area contributed by atoms with Crippen molar-refractivity contribution in [1.29, 1.82) is 0 Å². The molecule has 5 rings (SSSR count). The molecule has 30 heavy (non-hydrogen) atoms. The lowest BCUT2D eigenvalue weighted by Gasteiger charge is -2.11. The summed E-state index contributed by atoms with van der Waals surface area (Å²) < 4.78 is 43.8. The molecule has 1 saturated carbocycles. The molecule has 0 radical (unpaired) electrons. The first-order chi connectivity index (χ1) is 14.2. The van der Waals surface area contributed by atoms with Crippen LogP contribution in [0, 0.1) is 13.8 Å². The highest BCUT2D eigenvalue weighted by atomic mass is 19.4. The van der Waals surface area contributed by atoms with E-state index in [1.807, 2.05) is 35.9 Å². The summed E-state index contributed by atoms with van der Waals surface area (Å²) in [7, 11) is 1.92. The van der Waals surface area contributed by atoms with Crippen LogP contribution in [-0.2, 0) is 13.2 Å². The Morgan fingerprint density at radius 1 is 1.00 bits per heavy atom. The summed E-state index contributed by atoms with van der Waals surface area (Å²) in [4.78, 5) is 16.4. The van der Waals surface area contributed by atoms with Crippen molar-refractivity contribution in [3.05, 3.63) is 59.3 Å². The van der Waals surface area contributed by atoms with Gasteiger partial charge in [-0.1, -0.05) is 12.1 Å². The monoisotopic (exact) mass is 413 g/mol. The molecule has 3 heterocycles. The van der Waals surface area contributed by atoms with Crippen LogP contribution in [0.2, 0.25) is 0 Å². The lowest BCUT2D eigenvalue weighted by atomic mass is 10.2. The highest BCUT2D eigenvalue weighted by Crippen LogP contribution is 2.54. The van der Waals surface area contributed by atoms with Crippen molar-refractivity contribution < 1.29 is 13.2 Å². The third-order valence-corrected chi connectivity index (χ3v) is 5.40. The number of benzene rings is 1. The summed E-state index contributed by atoms with van der Waals surface area (Å²) >= 11 is 0. The third-order valence-electron chi connectivity index (χ3n) is 5.40. The molecule has 7 nitrogen and oxygen atoms in total. The van der Waals surface area contributed by atoms with E-state index in [0.717, 1.165) is 16.9 Å². The van der Waals surface area contributed by atoms with E-state index in [-0.39, 0.29) is 17.7 Å². The van der Waals surface area contributed by atoms with Crippen molar-refractivity contribution in [2.75, 3.05) is 0 Å². The molecule has 1 fully saturated rings. The van der Waals surface area contributed by atoms with Gasteiger partial charge in [0, 0.05) is 24.9 Å². The number of rotatable bonds is 3. The van der Waals surface area contributed by atoms with Crippen molar-refractivity contribution in [2.24, 2.45) is 7.05 Å². The van der Waals surface area contributed by atoms with Gasteiger partial charge in [0.2, 0.25) is 5.82 Å². The molecule has 10 heteroatoms. The van der Waals surface area contributed by atoms with Crippen molar-refractivity contribution in [3.63, 3.8) is 0 Å². The first kappa shape index (κ1) is 18.7. The number of hydrogen-bond donors (Lipinski definition) is 0. The smallest absolute Gasteiger partial charge is 0.331 e. The van der Waals surface area contributed by atoms with Crippen molar-refractivity contribution >= 4 is 11.0 Å². The quantitative estimate of drug-likeness (QED) is 0.510. The Hall–Kier alpha value is -3.30. The van der Waals surface area contributed by atoms with Crippen LogP contribution in [-0.4, -0.2) is 34.3 Å². The molecule has 1 unspecified atom stereocenters. The molecule has 1 aliphatic carbocycles. The Balaban J connectivity index is 1.56. The largest absolute Gasteiger partial charge is 0.451 e. The van der Waals surface area contributed by atoms with Crippen LogP contribution in [0.5, 0.6) is 0 Å². The summed E-state index contributed by atoms with van der Waals surface area (Å²) in [5.41, 5.74) is 2.21. The van der Waals surface area contributed by atoms with Gasteiger partial charge in [0.1, 0.15) is 17.5 Å². The van der Waals surface area contributed by atoms with Crippen LogP contribution in [0.3, 0.4) is 0 Å². The Morgan fingerprint density at radius 3 is 2.43 bits per heavy atom. The van der Waals surface area contributed by atoms with Gasteiger partial charge >= 0.3 is 6.18 Å². The van der Waals surface area contributed by atoms with Crippen molar-refractivity contribution in [2.45, 2.75) is 38.3 Å². The Bertz CT molecular complexity index is 1270. The molecule has 154 valence electrons. The minimum Gasteiger partial charge on any atom is -0.331 e. The van der Waals surface area contributed by atoms with Gasteiger partial charge < -0.3 is 4.57 Å². The number of halogens is 3. The molecule has 0 amide bonds. The van der Waals surface area contributed by atoms with E-state index in [1.165, 1.54) is 4.68 Å². The second-order valence-corrected chi connectivity index (χ2v) is 7.56. The number of aryl methyl sites for hydroxylation is 3. The fraction of sp³-hybridized carbons (Fsp3) is 0.350. The maximum atomic E-state index is 13.5. The van der Waals surface area contributed by atoms with E-state index < -0.39 is 12.0 Å². The Kier molecular flexibility index (Phi) is 3.96. The molecule has 2 atom stereocenters. The second kappa shape index (κ2) is 6.35. The van der Waals surface area contributed by atoms with E-state index in [4.69, 9.17) is 0 Å². The van der Waals surface area contributed by atoms with Crippen LogP contribution in [0.15, 0.2) is 30.3 Å². The molecule has 0 spiro atoms. The predicted molar refractivity (Wildman–Crippen MR) is 102 cm³/mol. The van der Waals surface area contributed by atoms with Gasteiger partial charge in [-0.15, -0.1) is 5.10 Å². The van der Waals surface area contributed by atoms with E-state index in [1.54, 1.807) is 19.9 Å². The average molecular weight is 413 g/mol. The third kappa shape index (κ3) is 3.03. The standard InChI is InChI=1S/C20H18F3N7/c1-10-24-11(2)30(28-10)17-9-15(26-19(27-17)20(21,22)23)12-8-13(12)18-25-14-6-4-5-7-16(14)29(18)3/h4-7,9,12-13H,8H2,1-3H3/t12?,13-/m0/s1. The number of para-hydroxylation sites is 2. The summed E-state index contributed by atoms with van der Waals surface area (Å²) in [6.07, 6.45) is -3.98. The van der Waals surface area contributed by atoms with Crippen LogP contribution < -0.4 is 0 Å². The average Bonchev–Trinajstić information content (AvgIpc) is 3.32. The van der Waals surface area contributed by atoms with Gasteiger partial charge in [0.25, 0.3) is 0 Å². The molecular weight excluding hydrogens is 395 g/mol. The number of fused-ring (bicyclic) bond motifs is 1. The second-order valence-electron chi connectivity index (χ2n) is 7.56. The molecule has 1 aromatic carbocycles. The number of nitrogens with zero attached hydrogens (tertiary/aromatic N) is 7. The Morgan fingerprint density at radius 2 is 1.77 bits per heavy atom. The highest BCUT2D eigenvalue weighted by Gasteiger charge is 2.45.